The quantitative estimate of drug-likeness (QED) is 0.690. The first-order valence-corrected chi connectivity index (χ1v) is 6.96. The van der Waals surface area contributed by atoms with Crippen LogP contribution in [-0.2, 0) is 9.53 Å². The summed E-state index contributed by atoms with van der Waals surface area (Å²) in [6.45, 7) is 11.0. The molecule has 0 radical (unpaired) electrons. The van der Waals surface area contributed by atoms with E-state index in [1.54, 1.807) is 27.7 Å². The van der Waals surface area contributed by atoms with E-state index < -0.39 is 23.8 Å². The summed E-state index contributed by atoms with van der Waals surface area (Å²) in [6.07, 6.45) is -0.735. The van der Waals surface area contributed by atoms with Crippen LogP contribution in [0.1, 0.15) is 48.0 Å². The Bertz CT molecular complexity index is 322. The van der Waals surface area contributed by atoms with Gasteiger partial charge in [-0.2, -0.15) is 0 Å². The van der Waals surface area contributed by atoms with Crippen molar-refractivity contribution in [2.24, 2.45) is 5.92 Å². The number of ether oxygens (including phenoxy) is 1. The van der Waals surface area contributed by atoms with Gasteiger partial charge in [0.05, 0.1) is 6.10 Å². The number of rotatable bonds is 6. The molecule has 0 heterocycles. The minimum atomic E-state index is -0.663. The van der Waals surface area contributed by atoms with Gasteiger partial charge in [-0.25, -0.2) is 4.79 Å². The number of nitrogens with one attached hydrogen (secondary N) is 2. The molecule has 0 fully saturated rings. The predicted octanol–water partition coefficient (Wildman–Crippen LogP) is 1.42. The van der Waals surface area contributed by atoms with Crippen LogP contribution in [0.2, 0.25) is 0 Å². The summed E-state index contributed by atoms with van der Waals surface area (Å²) in [7, 11) is 0. The Morgan fingerprint density at radius 3 is 2.15 bits per heavy atom. The Balaban J connectivity index is 4.55. The molecule has 0 aromatic carbocycles. The minimum absolute atomic E-state index is 0.156. The molecule has 0 saturated heterocycles. The van der Waals surface area contributed by atoms with Crippen LogP contribution in [0.25, 0.3) is 0 Å². The molecule has 6 nitrogen and oxygen atoms in total. The Morgan fingerprint density at radius 2 is 1.75 bits per heavy atom. The summed E-state index contributed by atoms with van der Waals surface area (Å²) in [4.78, 5) is 23.7. The molecule has 0 aromatic rings. The molecule has 3 N–H and O–H groups in total. The lowest BCUT2D eigenvalue weighted by Crippen LogP contribution is -2.49. The fraction of sp³-hybridized carbons (Fsp3) is 0.857. The smallest absolute Gasteiger partial charge is 0.408 e. The molecule has 2 atom stereocenters. The van der Waals surface area contributed by atoms with Gasteiger partial charge < -0.3 is 20.5 Å². The van der Waals surface area contributed by atoms with Crippen molar-refractivity contribution in [3.8, 4) is 0 Å². The van der Waals surface area contributed by atoms with Gasteiger partial charge in [-0.15, -0.1) is 0 Å². The highest BCUT2D eigenvalue weighted by Gasteiger charge is 2.25. The molecule has 0 spiro atoms. The molecule has 0 aliphatic carbocycles. The fourth-order valence-electron chi connectivity index (χ4n) is 1.52. The van der Waals surface area contributed by atoms with Crippen molar-refractivity contribution in [2.45, 2.75) is 65.7 Å². The van der Waals surface area contributed by atoms with Crippen LogP contribution in [0.15, 0.2) is 0 Å². The van der Waals surface area contributed by atoms with Crippen molar-refractivity contribution in [1.82, 2.24) is 10.6 Å². The van der Waals surface area contributed by atoms with Gasteiger partial charge in [0.25, 0.3) is 0 Å². The van der Waals surface area contributed by atoms with Crippen molar-refractivity contribution >= 4 is 12.0 Å². The average molecular weight is 288 g/mol. The second-order valence-corrected chi connectivity index (χ2v) is 6.42. The molecule has 6 heteroatoms. The number of amides is 2. The van der Waals surface area contributed by atoms with E-state index in [1.165, 1.54) is 0 Å². The zero-order valence-electron chi connectivity index (χ0n) is 13.3. The summed E-state index contributed by atoms with van der Waals surface area (Å²) in [5.41, 5.74) is -0.609. The largest absolute Gasteiger partial charge is 0.444 e. The third-order valence-corrected chi connectivity index (χ3v) is 2.29. The number of hydrogen-bond acceptors (Lipinski definition) is 4. The molecular weight excluding hydrogens is 260 g/mol. The first-order valence-electron chi connectivity index (χ1n) is 6.96. The van der Waals surface area contributed by atoms with Gasteiger partial charge >= 0.3 is 6.09 Å². The van der Waals surface area contributed by atoms with Crippen molar-refractivity contribution < 1.29 is 19.4 Å². The molecule has 0 rings (SSSR count). The summed E-state index contributed by atoms with van der Waals surface area (Å²) in [6, 6.07) is -0.663. The van der Waals surface area contributed by atoms with E-state index in [2.05, 4.69) is 10.6 Å². The summed E-state index contributed by atoms with van der Waals surface area (Å²) < 4.78 is 5.15. The van der Waals surface area contributed by atoms with Crippen LogP contribution in [0.3, 0.4) is 0 Å². The lowest BCUT2D eigenvalue weighted by molar-refractivity contribution is -0.124. The highest BCUT2D eigenvalue weighted by molar-refractivity contribution is 5.85. The van der Waals surface area contributed by atoms with E-state index in [9.17, 15) is 14.7 Å². The Morgan fingerprint density at radius 1 is 1.20 bits per heavy atom. The molecule has 1 unspecified atom stereocenters. The molecule has 118 valence electrons. The monoisotopic (exact) mass is 288 g/mol. The topological polar surface area (TPSA) is 87.7 Å². The average Bonchev–Trinajstić information content (AvgIpc) is 2.21. The first-order chi connectivity index (χ1) is 9.01. The van der Waals surface area contributed by atoms with E-state index in [4.69, 9.17) is 4.74 Å². The number of carbonyl (C=O) groups is 2. The van der Waals surface area contributed by atoms with Gasteiger partial charge in [-0.05, 0) is 40.0 Å². The third kappa shape index (κ3) is 9.61. The summed E-state index contributed by atoms with van der Waals surface area (Å²) in [5, 5.41) is 14.3. The number of aliphatic hydroxyl groups excluding tert-OH is 1. The normalized spacial score (nSPS) is 14.6. The van der Waals surface area contributed by atoms with Crippen LogP contribution in [0.5, 0.6) is 0 Å². The van der Waals surface area contributed by atoms with Gasteiger partial charge in [0.1, 0.15) is 11.6 Å². The second kappa shape index (κ2) is 8.09. The van der Waals surface area contributed by atoms with E-state index in [-0.39, 0.29) is 18.4 Å². The summed E-state index contributed by atoms with van der Waals surface area (Å²) in [5.74, 6) is -0.0716. The highest BCUT2D eigenvalue weighted by atomic mass is 16.6. The Labute approximate surface area is 121 Å². The number of carbonyl (C=O) groups excluding carboxylic acids is 2. The third-order valence-electron chi connectivity index (χ3n) is 2.29. The molecule has 0 bridgehead atoms. The fourth-order valence-corrected chi connectivity index (χ4v) is 1.52. The molecule has 20 heavy (non-hydrogen) atoms. The maximum Gasteiger partial charge on any atom is 0.408 e. The second-order valence-electron chi connectivity index (χ2n) is 6.42. The number of hydrogen-bond donors (Lipinski definition) is 3. The standard InChI is InChI=1S/C14H28N2O4/c1-9(2)7-11(12(18)15-8-10(3)17)16-13(19)20-14(4,5)6/h9-11,17H,7-8H2,1-6H3,(H,15,18)(H,16,19)/t10?,11-/m0/s1. The number of alkyl carbamates (subject to hydrolysis) is 1. The maximum atomic E-state index is 12.0. The molecular formula is C14H28N2O4. The first kappa shape index (κ1) is 18.7. The number of aliphatic hydroxyl groups is 1. The zero-order valence-corrected chi connectivity index (χ0v) is 13.3. The van der Waals surface area contributed by atoms with Gasteiger partial charge in [-0.3, -0.25) is 4.79 Å². The minimum Gasteiger partial charge on any atom is -0.444 e. The zero-order chi connectivity index (χ0) is 15.9. The Kier molecular flexibility index (Phi) is 7.57. The molecule has 2 amide bonds. The lowest BCUT2D eigenvalue weighted by Gasteiger charge is -2.24. The lowest BCUT2D eigenvalue weighted by atomic mass is 10.0. The van der Waals surface area contributed by atoms with Gasteiger partial charge in [-0.1, -0.05) is 13.8 Å². The van der Waals surface area contributed by atoms with Gasteiger partial charge in [0.2, 0.25) is 5.91 Å². The van der Waals surface area contributed by atoms with Gasteiger partial charge in [0, 0.05) is 6.54 Å². The van der Waals surface area contributed by atoms with Gasteiger partial charge in [0.15, 0.2) is 0 Å². The highest BCUT2D eigenvalue weighted by Crippen LogP contribution is 2.09. The SMILES string of the molecule is CC(C)C[C@H](NC(=O)OC(C)(C)C)C(=O)NCC(C)O. The molecule has 0 aliphatic rings. The van der Waals surface area contributed by atoms with Crippen molar-refractivity contribution in [3.05, 3.63) is 0 Å². The summed E-state index contributed by atoms with van der Waals surface area (Å²) >= 11 is 0. The van der Waals surface area contributed by atoms with Crippen molar-refractivity contribution in [2.75, 3.05) is 6.54 Å². The van der Waals surface area contributed by atoms with Crippen LogP contribution < -0.4 is 10.6 Å². The van der Waals surface area contributed by atoms with Crippen LogP contribution in [-0.4, -0.2) is 41.4 Å². The van der Waals surface area contributed by atoms with E-state index in [1.807, 2.05) is 13.8 Å². The maximum absolute atomic E-state index is 12.0. The van der Waals surface area contributed by atoms with Crippen LogP contribution in [0.4, 0.5) is 4.79 Å². The Hall–Kier alpha value is -1.30. The van der Waals surface area contributed by atoms with E-state index in [0.29, 0.717) is 6.42 Å². The van der Waals surface area contributed by atoms with E-state index in [0.717, 1.165) is 0 Å². The molecule has 0 saturated carbocycles. The van der Waals surface area contributed by atoms with Crippen LogP contribution >= 0.6 is 0 Å². The molecule has 0 aromatic heterocycles. The van der Waals surface area contributed by atoms with Crippen LogP contribution in [0, 0.1) is 5.92 Å². The van der Waals surface area contributed by atoms with Crippen molar-refractivity contribution in [3.63, 3.8) is 0 Å². The van der Waals surface area contributed by atoms with Crippen molar-refractivity contribution in [1.29, 1.82) is 0 Å². The molecule has 0 aliphatic heterocycles. The van der Waals surface area contributed by atoms with E-state index >= 15 is 0 Å². The predicted molar refractivity (Wildman–Crippen MR) is 77.3 cm³/mol.